The molecule has 0 spiro atoms. The minimum Gasteiger partial charge on any atom is -0.469 e. The molecule has 2 nitrogen and oxygen atoms in total. The summed E-state index contributed by atoms with van der Waals surface area (Å²) >= 11 is 0. The van der Waals surface area contributed by atoms with Crippen LogP contribution in [0.1, 0.15) is 19.3 Å². The van der Waals surface area contributed by atoms with Crippen molar-refractivity contribution in [1.29, 1.82) is 0 Å². The predicted molar refractivity (Wildman–Crippen MR) is 40.4 cm³/mol. The summed E-state index contributed by atoms with van der Waals surface area (Å²) in [6, 6.07) is 0. The van der Waals surface area contributed by atoms with E-state index in [4.69, 9.17) is 0 Å². The van der Waals surface area contributed by atoms with Gasteiger partial charge in [-0.05, 0) is 19.8 Å². The van der Waals surface area contributed by atoms with Crippen LogP contribution in [0.3, 0.4) is 0 Å². The third-order valence-corrected chi connectivity index (χ3v) is 1.15. The van der Waals surface area contributed by atoms with Crippen LogP contribution in [0.5, 0.6) is 0 Å². The summed E-state index contributed by atoms with van der Waals surface area (Å²) in [5, 5.41) is 0. The van der Waals surface area contributed by atoms with Gasteiger partial charge >= 0.3 is 5.97 Å². The average molecular weight is 141 g/mol. The number of carbonyl (C=O) groups excluding carboxylic acids is 1. The lowest BCUT2D eigenvalue weighted by Crippen LogP contribution is -1.98. The summed E-state index contributed by atoms with van der Waals surface area (Å²) in [4.78, 5) is 10.5. The Labute approximate surface area is 61.9 Å². The Kier molecular flexibility index (Phi) is 5.83. The third-order valence-electron chi connectivity index (χ3n) is 1.15. The molecule has 0 aromatic heterocycles. The van der Waals surface area contributed by atoms with E-state index in [2.05, 4.69) is 11.7 Å². The molecular formula is C8H13O2. The number of hydrogen-bond donors (Lipinski definition) is 0. The fraction of sp³-hybridized carbons (Fsp3) is 0.500. The highest BCUT2D eigenvalue weighted by Crippen LogP contribution is 1.97. The van der Waals surface area contributed by atoms with E-state index in [1.165, 1.54) is 7.11 Å². The van der Waals surface area contributed by atoms with E-state index < -0.39 is 0 Å². The van der Waals surface area contributed by atoms with Crippen LogP contribution in [0, 0.1) is 6.92 Å². The van der Waals surface area contributed by atoms with Gasteiger partial charge in [-0.25, -0.2) is 0 Å². The highest BCUT2D eigenvalue weighted by Gasteiger charge is 1.96. The Morgan fingerprint density at radius 2 is 2.40 bits per heavy atom. The topological polar surface area (TPSA) is 26.3 Å². The second-order valence-corrected chi connectivity index (χ2v) is 1.94. The lowest BCUT2D eigenvalue weighted by atomic mass is 10.2. The molecule has 0 saturated carbocycles. The molecule has 0 aliphatic carbocycles. The van der Waals surface area contributed by atoms with Crippen LogP contribution in [-0.4, -0.2) is 13.1 Å². The van der Waals surface area contributed by atoms with Gasteiger partial charge < -0.3 is 4.74 Å². The molecule has 0 N–H and O–H groups in total. The maximum atomic E-state index is 10.5. The summed E-state index contributed by atoms with van der Waals surface area (Å²) in [5.41, 5.74) is 0. The molecule has 0 fully saturated rings. The summed E-state index contributed by atoms with van der Waals surface area (Å²) in [5.74, 6) is -0.141. The number of esters is 1. The molecule has 1 radical (unpaired) electrons. The van der Waals surface area contributed by atoms with Crippen molar-refractivity contribution < 1.29 is 9.53 Å². The van der Waals surface area contributed by atoms with E-state index in [1.54, 1.807) is 6.08 Å². The highest BCUT2D eigenvalue weighted by atomic mass is 16.5. The average Bonchev–Trinajstić information content (AvgIpc) is 1.98. The largest absolute Gasteiger partial charge is 0.469 e. The maximum Gasteiger partial charge on any atom is 0.305 e. The molecule has 0 amide bonds. The molecule has 57 valence electrons. The number of allylic oxidation sites excluding steroid dienone is 2. The van der Waals surface area contributed by atoms with Crippen molar-refractivity contribution in [1.82, 2.24) is 0 Å². The third kappa shape index (κ3) is 5.35. The van der Waals surface area contributed by atoms with Crippen molar-refractivity contribution >= 4 is 5.97 Å². The van der Waals surface area contributed by atoms with Crippen molar-refractivity contribution in [3.8, 4) is 0 Å². The van der Waals surface area contributed by atoms with E-state index in [0.29, 0.717) is 6.42 Å². The highest BCUT2D eigenvalue weighted by molar-refractivity contribution is 5.68. The Morgan fingerprint density at radius 3 is 2.90 bits per heavy atom. The Balaban J connectivity index is 3.11. The molecule has 0 aliphatic rings. The summed E-state index contributed by atoms with van der Waals surface area (Å²) in [6.45, 7) is 3.53. The van der Waals surface area contributed by atoms with Crippen LogP contribution < -0.4 is 0 Å². The number of rotatable bonds is 4. The van der Waals surface area contributed by atoms with Crippen LogP contribution >= 0.6 is 0 Å². The Morgan fingerprint density at radius 1 is 1.70 bits per heavy atom. The van der Waals surface area contributed by atoms with Crippen molar-refractivity contribution in [2.45, 2.75) is 19.3 Å². The van der Waals surface area contributed by atoms with Crippen LogP contribution in [-0.2, 0) is 9.53 Å². The van der Waals surface area contributed by atoms with Gasteiger partial charge in [0.2, 0.25) is 0 Å². The molecule has 0 rings (SSSR count). The molecule has 2 heteroatoms. The first kappa shape index (κ1) is 9.21. The van der Waals surface area contributed by atoms with Crippen molar-refractivity contribution in [3.63, 3.8) is 0 Å². The first-order valence-corrected chi connectivity index (χ1v) is 3.32. The number of unbranched alkanes of at least 4 members (excludes halogenated alkanes) is 1. The van der Waals surface area contributed by atoms with Crippen LogP contribution in [0.15, 0.2) is 12.2 Å². The van der Waals surface area contributed by atoms with Crippen LogP contribution in [0.4, 0.5) is 0 Å². The fourth-order valence-electron chi connectivity index (χ4n) is 0.584. The van der Waals surface area contributed by atoms with Crippen molar-refractivity contribution in [2.75, 3.05) is 7.11 Å². The summed E-state index contributed by atoms with van der Waals surface area (Å²) in [7, 11) is 1.40. The van der Waals surface area contributed by atoms with Crippen molar-refractivity contribution in [3.05, 3.63) is 19.1 Å². The van der Waals surface area contributed by atoms with Gasteiger partial charge in [-0.2, -0.15) is 0 Å². The normalized spacial score (nSPS) is 10.2. The number of ether oxygens (including phenoxy) is 1. The van der Waals surface area contributed by atoms with Gasteiger partial charge in [-0.1, -0.05) is 12.2 Å². The standard InChI is InChI=1S/C8H13O2/c1-3-4-5-6-7-8(9)10-2/h3-4H,1,5-7H2,2H3. The summed E-state index contributed by atoms with van der Waals surface area (Å²) < 4.78 is 4.45. The molecule has 0 bridgehead atoms. The molecule has 0 saturated heterocycles. The zero-order valence-corrected chi connectivity index (χ0v) is 6.30. The van der Waals surface area contributed by atoms with Gasteiger partial charge in [0.05, 0.1) is 7.11 Å². The number of methoxy groups -OCH3 is 1. The monoisotopic (exact) mass is 141 g/mol. The van der Waals surface area contributed by atoms with Gasteiger partial charge in [0.1, 0.15) is 0 Å². The second kappa shape index (κ2) is 6.33. The SMILES string of the molecule is [CH2]C=CCCCC(=O)OC. The minimum absolute atomic E-state index is 0.141. The van der Waals surface area contributed by atoms with E-state index in [-0.39, 0.29) is 5.97 Å². The molecule has 10 heavy (non-hydrogen) atoms. The Bertz CT molecular complexity index is 116. The first-order valence-electron chi connectivity index (χ1n) is 3.32. The zero-order chi connectivity index (χ0) is 7.82. The Hall–Kier alpha value is -0.790. The molecule has 0 heterocycles. The van der Waals surface area contributed by atoms with E-state index in [9.17, 15) is 4.79 Å². The minimum atomic E-state index is -0.141. The quantitative estimate of drug-likeness (QED) is 0.440. The molecule has 0 unspecified atom stereocenters. The lowest BCUT2D eigenvalue weighted by molar-refractivity contribution is -0.140. The second-order valence-electron chi connectivity index (χ2n) is 1.94. The molecule has 0 aliphatic heterocycles. The maximum absolute atomic E-state index is 10.5. The smallest absolute Gasteiger partial charge is 0.305 e. The van der Waals surface area contributed by atoms with Gasteiger partial charge in [0.15, 0.2) is 0 Å². The first-order chi connectivity index (χ1) is 4.81. The van der Waals surface area contributed by atoms with Crippen molar-refractivity contribution in [2.24, 2.45) is 0 Å². The van der Waals surface area contributed by atoms with E-state index in [0.717, 1.165) is 12.8 Å². The summed E-state index contributed by atoms with van der Waals surface area (Å²) in [6.07, 6.45) is 5.92. The number of carbonyl (C=O) groups is 1. The van der Waals surface area contributed by atoms with E-state index >= 15 is 0 Å². The fourth-order valence-corrected chi connectivity index (χ4v) is 0.584. The lowest BCUT2D eigenvalue weighted by Gasteiger charge is -1.94. The zero-order valence-electron chi connectivity index (χ0n) is 6.30. The van der Waals surface area contributed by atoms with Crippen LogP contribution in [0.2, 0.25) is 0 Å². The van der Waals surface area contributed by atoms with Crippen LogP contribution in [0.25, 0.3) is 0 Å². The van der Waals surface area contributed by atoms with Gasteiger partial charge in [-0.15, -0.1) is 0 Å². The van der Waals surface area contributed by atoms with E-state index in [1.807, 2.05) is 6.08 Å². The predicted octanol–water partition coefficient (Wildman–Crippen LogP) is 1.72. The number of hydrogen-bond acceptors (Lipinski definition) is 2. The van der Waals surface area contributed by atoms with Gasteiger partial charge in [-0.3, -0.25) is 4.79 Å². The van der Waals surface area contributed by atoms with Gasteiger partial charge in [0.25, 0.3) is 0 Å². The molecule has 0 aromatic rings. The molecule has 0 atom stereocenters. The van der Waals surface area contributed by atoms with Gasteiger partial charge in [0, 0.05) is 6.42 Å². The molecular weight excluding hydrogens is 128 g/mol. The molecule has 0 aromatic carbocycles.